The Kier molecular flexibility index (Phi) is 3.69. The van der Waals surface area contributed by atoms with E-state index >= 15 is 0 Å². The number of rotatable bonds is 2. The van der Waals surface area contributed by atoms with E-state index in [1.807, 2.05) is 24.3 Å². The van der Waals surface area contributed by atoms with Gasteiger partial charge in [-0.05, 0) is 25.5 Å². The summed E-state index contributed by atoms with van der Waals surface area (Å²) in [4.78, 5) is 12.3. The third-order valence-electron chi connectivity index (χ3n) is 3.90. The third-order valence-corrected chi connectivity index (χ3v) is 3.90. The first-order chi connectivity index (χ1) is 9.34. The van der Waals surface area contributed by atoms with E-state index in [0.717, 1.165) is 37.1 Å². The van der Waals surface area contributed by atoms with Crippen LogP contribution in [0, 0.1) is 0 Å². The Morgan fingerprint density at radius 2 is 2.16 bits per heavy atom. The van der Waals surface area contributed by atoms with Gasteiger partial charge in [-0.1, -0.05) is 24.6 Å². The van der Waals surface area contributed by atoms with Crippen molar-refractivity contribution in [1.82, 2.24) is 10.6 Å². The van der Waals surface area contributed by atoms with E-state index in [0.29, 0.717) is 6.61 Å². The van der Waals surface area contributed by atoms with E-state index in [1.54, 1.807) is 0 Å². The number of para-hydroxylation sites is 1. The molecule has 4 heteroatoms. The maximum atomic E-state index is 12.3. The molecule has 0 aromatic heterocycles. The van der Waals surface area contributed by atoms with Crippen LogP contribution < -0.4 is 15.4 Å². The number of hydrogen-bond acceptors (Lipinski definition) is 3. The summed E-state index contributed by atoms with van der Waals surface area (Å²) in [5.74, 6) is 1.03. The maximum absolute atomic E-state index is 12.3. The van der Waals surface area contributed by atoms with E-state index in [4.69, 9.17) is 4.74 Å². The van der Waals surface area contributed by atoms with Gasteiger partial charge >= 0.3 is 0 Å². The van der Waals surface area contributed by atoms with Gasteiger partial charge in [-0.25, -0.2) is 0 Å². The van der Waals surface area contributed by atoms with Crippen molar-refractivity contribution in [3.63, 3.8) is 0 Å². The van der Waals surface area contributed by atoms with E-state index in [2.05, 4.69) is 10.6 Å². The third kappa shape index (κ3) is 2.73. The van der Waals surface area contributed by atoms with Crippen molar-refractivity contribution in [2.45, 2.75) is 37.8 Å². The molecule has 1 aromatic carbocycles. The lowest BCUT2D eigenvalue weighted by molar-refractivity contribution is -0.124. The Balaban J connectivity index is 1.68. The number of nitrogens with one attached hydrogen (secondary N) is 2. The van der Waals surface area contributed by atoms with E-state index in [1.165, 1.54) is 6.42 Å². The Hall–Kier alpha value is -1.55. The minimum atomic E-state index is -0.0243. The van der Waals surface area contributed by atoms with Crippen LogP contribution in [0.5, 0.6) is 5.75 Å². The van der Waals surface area contributed by atoms with Crippen molar-refractivity contribution in [2.24, 2.45) is 0 Å². The van der Waals surface area contributed by atoms with Crippen LogP contribution in [0.1, 0.15) is 37.3 Å². The average Bonchev–Trinajstić information content (AvgIpc) is 2.48. The van der Waals surface area contributed by atoms with Crippen molar-refractivity contribution >= 4 is 5.91 Å². The molecular formula is C15H20N2O2. The summed E-state index contributed by atoms with van der Waals surface area (Å²) >= 11 is 0. The molecule has 2 aliphatic rings. The van der Waals surface area contributed by atoms with Crippen LogP contribution in [0.25, 0.3) is 0 Å². The van der Waals surface area contributed by atoms with Gasteiger partial charge in [0, 0.05) is 12.0 Å². The molecule has 102 valence electrons. The van der Waals surface area contributed by atoms with Gasteiger partial charge in [0.25, 0.3) is 0 Å². The molecule has 19 heavy (non-hydrogen) atoms. The molecule has 0 saturated carbocycles. The van der Waals surface area contributed by atoms with Gasteiger partial charge in [0.15, 0.2) is 0 Å². The number of ether oxygens (including phenoxy) is 1. The maximum Gasteiger partial charge on any atom is 0.237 e. The zero-order valence-electron chi connectivity index (χ0n) is 11.0. The van der Waals surface area contributed by atoms with E-state index < -0.39 is 0 Å². The Labute approximate surface area is 113 Å². The zero-order valence-corrected chi connectivity index (χ0v) is 11.0. The summed E-state index contributed by atoms with van der Waals surface area (Å²) in [6.07, 6.45) is 4.09. The van der Waals surface area contributed by atoms with Gasteiger partial charge in [-0.3, -0.25) is 4.79 Å². The molecule has 1 amide bonds. The molecule has 0 aliphatic carbocycles. The van der Waals surface area contributed by atoms with Gasteiger partial charge in [0.1, 0.15) is 5.75 Å². The molecule has 2 N–H and O–H groups in total. The van der Waals surface area contributed by atoms with E-state index in [-0.39, 0.29) is 18.0 Å². The molecule has 1 aromatic rings. The second-order valence-electron chi connectivity index (χ2n) is 5.24. The van der Waals surface area contributed by atoms with Crippen molar-refractivity contribution in [3.8, 4) is 5.75 Å². The summed E-state index contributed by atoms with van der Waals surface area (Å²) in [6.45, 7) is 1.61. The summed E-state index contributed by atoms with van der Waals surface area (Å²) in [6, 6.07) is 8.02. The van der Waals surface area contributed by atoms with Crippen LogP contribution in [-0.2, 0) is 4.79 Å². The molecule has 4 nitrogen and oxygen atoms in total. The summed E-state index contributed by atoms with van der Waals surface area (Å²) in [7, 11) is 0. The molecule has 2 heterocycles. The Bertz CT molecular complexity index is 455. The normalized spacial score (nSPS) is 26.1. The second kappa shape index (κ2) is 5.61. The monoisotopic (exact) mass is 260 g/mol. The van der Waals surface area contributed by atoms with Crippen LogP contribution in [-0.4, -0.2) is 25.1 Å². The highest BCUT2D eigenvalue weighted by molar-refractivity contribution is 5.82. The lowest BCUT2D eigenvalue weighted by atomic mass is 9.99. The molecule has 1 saturated heterocycles. The lowest BCUT2D eigenvalue weighted by Crippen LogP contribution is -2.48. The zero-order chi connectivity index (χ0) is 13.1. The first-order valence-electron chi connectivity index (χ1n) is 7.10. The number of piperidine rings is 1. The van der Waals surface area contributed by atoms with Gasteiger partial charge in [-0.2, -0.15) is 0 Å². The summed E-state index contributed by atoms with van der Waals surface area (Å²) in [5, 5.41) is 6.45. The Morgan fingerprint density at radius 1 is 1.26 bits per heavy atom. The number of benzene rings is 1. The molecule has 0 bridgehead atoms. The molecule has 0 radical (unpaired) electrons. The highest BCUT2D eigenvalue weighted by Crippen LogP contribution is 2.31. The first-order valence-corrected chi connectivity index (χ1v) is 7.10. The van der Waals surface area contributed by atoms with Crippen LogP contribution in [0.15, 0.2) is 24.3 Å². The number of amides is 1. The predicted molar refractivity (Wildman–Crippen MR) is 73.1 cm³/mol. The molecule has 2 atom stereocenters. The van der Waals surface area contributed by atoms with E-state index in [9.17, 15) is 4.79 Å². The fourth-order valence-electron chi connectivity index (χ4n) is 2.84. The molecular weight excluding hydrogens is 240 g/mol. The van der Waals surface area contributed by atoms with Crippen LogP contribution in [0.4, 0.5) is 0 Å². The SMILES string of the molecule is O=C(NC1CCOc2ccccc21)[C@@H]1CCCCN1. The average molecular weight is 260 g/mol. The Morgan fingerprint density at radius 3 is 3.00 bits per heavy atom. The highest BCUT2D eigenvalue weighted by Gasteiger charge is 2.26. The number of fused-ring (bicyclic) bond motifs is 1. The molecule has 1 fully saturated rings. The van der Waals surface area contributed by atoms with Gasteiger partial charge in [0.05, 0.1) is 18.7 Å². The molecule has 3 rings (SSSR count). The minimum Gasteiger partial charge on any atom is -0.493 e. The highest BCUT2D eigenvalue weighted by atomic mass is 16.5. The van der Waals surface area contributed by atoms with Crippen LogP contribution >= 0.6 is 0 Å². The topological polar surface area (TPSA) is 50.4 Å². The molecule has 0 spiro atoms. The van der Waals surface area contributed by atoms with Gasteiger partial charge in [0.2, 0.25) is 5.91 Å². The lowest BCUT2D eigenvalue weighted by Gasteiger charge is -2.29. The second-order valence-corrected chi connectivity index (χ2v) is 5.24. The van der Waals surface area contributed by atoms with Crippen LogP contribution in [0.3, 0.4) is 0 Å². The van der Waals surface area contributed by atoms with Gasteiger partial charge < -0.3 is 15.4 Å². The van der Waals surface area contributed by atoms with Crippen molar-refractivity contribution in [3.05, 3.63) is 29.8 Å². The van der Waals surface area contributed by atoms with Crippen LogP contribution in [0.2, 0.25) is 0 Å². The summed E-state index contributed by atoms with van der Waals surface area (Å²) in [5.41, 5.74) is 1.10. The summed E-state index contributed by atoms with van der Waals surface area (Å²) < 4.78 is 5.61. The van der Waals surface area contributed by atoms with Crippen molar-refractivity contribution in [1.29, 1.82) is 0 Å². The fourth-order valence-corrected chi connectivity index (χ4v) is 2.84. The smallest absolute Gasteiger partial charge is 0.237 e. The molecule has 1 unspecified atom stereocenters. The van der Waals surface area contributed by atoms with Crippen molar-refractivity contribution < 1.29 is 9.53 Å². The first kappa shape index (κ1) is 12.5. The fraction of sp³-hybridized carbons (Fsp3) is 0.533. The largest absolute Gasteiger partial charge is 0.493 e. The quantitative estimate of drug-likeness (QED) is 0.852. The number of carbonyl (C=O) groups is 1. The number of hydrogen-bond donors (Lipinski definition) is 2. The molecule has 2 aliphatic heterocycles. The minimum absolute atomic E-state index is 0.0243. The standard InChI is InChI=1S/C15H20N2O2/c18-15(13-6-3-4-9-16-13)17-12-8-10-19-14-7-2-1-5-11(12)14/h1-2,5,7,12-13,16H,3-4,6,8-10H2,(H,17,18)/t12?,13-/m0/s1. The van der Waals surface area contributed by atoms with Gasteiger partial charge in [-0.15, -0.1) is 0 Å². The van der Waals surface area contributed by atoms with Crippen molar-refractivity contribution in [2.75, 3.05) is 13.2 Å². The number of carbonyl (C=O) groups excluding carboxylic acids is 1. The predicted octanol–water partition coefficient (Wildman–Crippen LogP) is 1.77.